The zero-order chi connectivity index (χ0) is 9.26. The number of fused-ring (bicyclic) bond motifs is 1. The first-order chi connectivity index (χ1) is 6.29. The zero-order valence-corrected chi connectivity index (χ0v) is 9.88. The second-order valence-corrected chi connectivity index (χ2v) is 4.82. The molecule has 0 fully saturated rings. The molecule has 2 aromatic rings. The number of rotatable bonds is 3. The van der Waals surface area contributed by atoms with Gasteiger partial charge >= 0.3 is 0 Å². The van der Waals surface area contributed by atoms with E-state index in [1.807, 2.05) is 10.7 Å². The monoisotopic (exact) mass is 308 g/mol. The van der Waals surface area contributed by atoms with Crippen molar-refractivity contribution >= 4 is 38.9 Å². The average molecular weight is 308 g/mol. The van der Waals surface area contributed by atoms with Gasteiger partial charge in [-0.05, 0) is 35.6 Å². The summed E-state index contributed by atoms with van der Waals surface area (Å²) in [5, 5.41) is 5.50. The Morgan fingerprint density at radius 2 is 2.46 bits per heavy atom. The van der Waals surface area contributed by atoms with Crippen LogP contribution in [-0.2, 0) is 6.42 Å². The van der Waals surface area contributed by atoms with Gasteiger partial charge in [-0.3, -0.25) is 0 Å². The van der Waals surface area contributed by atoms with Crippen molar-refractivity contribution in [2.75, 3.05) is 6.54 Å². The second kappa shape index (κ2) is 3.89. The molecular weight excluding hydrogens is 299 g/mol. The van der Waals surface area contributed by atoms with Crippen LogP contribution in [0.2, 0.25) is 0 Å². The molecule has 70 valence electrons. The van der Waals surface area contributed by atoms with Gasteiger partial charge in [-0.2, -0.15) is 5.10 Å². The third-order valence-electron chi connectivity index (χ3n) is 1.65. The van der Waals surface area contributed by atoms with Crippen LogP contribution in [0.1, 0.15) is 11.4 Å². The number of hydrogen-bond acceptors (Lipinski definition) is 4. The second-order valence-electron chi connectivity index (χ2n) is 2.68. The minimum Gasteiger partial charge on any atom is -0.330 e. The molecule has 2 rings (SSSR count). The minimum absolute atomic E-state index is 0.722. The summed E-state index contributed by atoms with van der Waals surface area (Å²) in [7, 11) is 0. The van der Waals surface area contributed by atoms with Gasteiger partial charge in [0, 0.05) is 6.42 Å². The molecule has 2 heterocycles. The molecule has 6 heteroatoms. The van der Waals surface area contributed by atoms with Crippen LogP contribution in [0.15, 0.2) is 6.20 Å². The Labute approximate surface area is 93.3 Å². The normalized spacial score (nSPS) is 11.2. The highest BCUT2D eigenvalue weighted by molar-refractivity contribution is 14.1. The van der Waals surface area contributed by atoms with E-state index in [0.29, 0.717) is 0 Å². The summed E-state index contributed by atoms with van der Waals surface area (Å²) in [6.07, 6.45) is 3.88. The molecule has 4 nitrogen and oxygen atoms in total. The van der Waals surface area contributed by atoms with Gasteiger partial charge in [0.1, 0.15) is 8.71 Å². The molecule has 0 unspecified atom stereocenters. The maximum atomic E-state index is 5.42. The van der Waals surface area contributed by atoms with Crippen LogP contribution in [0.25, 0.3) is 4.96 Å². The zero-order valence-electron chi connectivity index (χ0n) is 6.90. The molecule has 0 amide bonds. The number of aromatic nitrogens is 3. The summed E-state index contributed by atoms with van der Waals surface area (Å²) in [5.74, 6) is 0. The Morgan fingerprint density at radius 1 is 1.62 bits per heavy atom. The van der Waals surface area contributed by atoms with Gasteiger partial charge in [-0.1, -0.05) is 11.3 Å². The number of halogens is 1. The molecule has 0 aliphatic heterocycles. The third kappa shape index (κ3) is 2.00. The molecule has 0 aromatic carbocycles. The van der Waals surface area contributed by atoms with Crippen molar-refractivity contribution in [2.24, 2.45) is 5.73 Å². The highest BCUT2D eigenvalue weighted by Gasteiger charge is 2.05. The smallest absolute Gasteiger partial charge is 0.213 e. The predicted molar refractivity (Wildman–Crippen MR) is 61.0 cm³/mol. The Morgan fingerprint density at radius 3 is 3.15 bits per heavy atom. The molecule has 0 radical (unpaired) electrons. The number of nitrogens with two attached hydrogens (primary N) is 1. The molecular formula is C7H9IN4S. The van der Waals surface area contributed by atoms with Crippen LogP contribution < -0.4 is 5.73 Å². The number of imidazole rings is 1. The lowest BCUT2D eigenvalue weighted by molar-refractivity contribution is 0.799. The van der Waals surface area contributed by atoms with Crippen molar-refractivity contribution in [2.45, 2.75) is 12.8 Å². The lowest BCUT2D eigenvalue weighted by Gasteiger charge is -1.89. The van der Waals surface area contributed by atoms with Crippen molar-refractivity contribution in [1.82, 2.24) is 14.6 Å². The summed E-state index contributed by atoms with van der Waals surface area (Å²) < 4.78 is 2.82. The molecule has 0 aliphatic rings. The third-order valence-corrected chi connectivity index (χ3v) is 3.15. The first-order valence-corrected chi connectivity index (χ1v) is 5.90. The Bertz CT molecular complexity index is 376. The van der Waals surface area contributed by atoms with Crippen LogP contribution in [0, 0.1) is 3.70 Å². The van der Waals surface area contributed by atoms with Gasteiger partial charge in [0.2, 0.25) is 4.96 Å². The van der Waals surface area contributed by atoms with Gasteiger partial charge in [0.05, 0.1) is 6.20 Å². The van der Waals surface area contributed by atoms with Crippen molar-refractivity contribution in [3.05, 3.63) is 14.9 Å². The van der Waals surface area contributed by atoms with Crippen LogP contribution >= 0.6 is 33.9 Å². The fourth-order valence-corrected chi connectivity index (χ4v) is 2.64. The number of hydrogen-bond donors (Lipinski definition) is 1. The lowest BCUT2D eigenvalue weighted by Crippen LogP contribution is -2.00. The summed E-state index contributed by atoms with van der Waals surface area (Å²) in [6, 6.07) is 0. The number of aryl methyl sites for hydroxylation is 1. The van der Waals surface area contributed by atoms with Crippen LogP contribution in [-0.4, -0.2) is 21.1 Å². The largest absolute Gasteiger partial charge is 0.330 e. The maximum absolute atomic E-state index is 5.42. The van der Waals surface area contributed by atoms with Crippen LogP contribution in [0.4, 0.5) is 0 Å². The summed E-state index contributed by atoms with van der Waals surface area (Å²) >= 11 is 3.82. The molecule has 2 N–H and O–H groups in total. The van der Waals surface area contributed by atoms with Crippen LogP contribution in [0.5, 0.6) is 0 Å². The number of nitrogens with zero attached hydrogens (tertiary/aromatic N) is 3. The maximum Gasteiger partial charge on any atom is 0.213 e. The molecule has 2 aromatic heterocycles. The fourth-order valence-electron chi connectivity index (χ4n) is 1.07. The van der Waals surface area contributed by atoms with Crippen molar-refractivity contribution in [3.63, 3.8) is 0 Å². The molecule has 0 saturated heterocycles. The van der Waals surface area contributed by atoms with E-state index in [9.17, 15) is 0 Å². The first kappa shape index (κ1) is 9.35. The Balaban J connectivity index is 2.24. The van der Waals surface area contributed by atoms with Crippen molar-refractivity contribution in [3.8, 4) is 0 Å². The summed E-state index contributed by atoms with van der Waals surface area (Å²) in [5.41, 5.74) is 5.42. The van der Waals surface area contributed by atoms with Gasteiger partial charge in [-0.15, -0.1) is 0 Å². The van der Waals surface area contributed by atoms with E-state index < -0.39 is 0 Å². The standard InChI is InChI=1S/C7H9IN4S/c8-5-4-12-7(10-5)13-6(11-12)2-1-3-9/h4H,1-3,9H2. The predicted octanol–water partition coefficient (Wildman–Crippen LogP) is 1.29. The Hall–Kier alpha value is -0.210. The topological polar surface area (TPSA) is 56.2 Å². The Kier molecular flexibility index (Phi) is 2.80. The van der Waals surface area contributed by atoms with E-state index in [2.05, 4.69) is 32.7 Å². The van der Waals surface area contributed by atoms with E-state index in [1.54, 1.807) is 11.3 Å². The van der Waals surface area contributed by atoms with Crippen LogP contribution in [0.3, 0.4) is 0 Å². The van der Waals surface area contributed by atoms with E-state index >= 15 is 0 Å². The van der Waals surface area contributed by atoms with Gasteiger partial charge in [-0.25, -0.2) is 9.50 Å². The highest BCUT2D eigenvalue weighted by Crippen LogP contribution is 2.16. The van der Waals surface area contributed by atoms with E-state index in [-0.39, 0.29) is 0 Å². The molecule has 0 aliphatic carbocycles. The molecule has 0 bridgehead atoms. The lowest BCUT2D eigenvalue weighted by atomic mass is 10.3. The van der Waals surface area contributed by atoms with Gasteiger partial charge < -0.3 is 5.73 Å². The molecule has 0 saturated carbocycles. The van der Waals surface area contributed by atoms with Crippen molar-refractivity contribution in [1.29, 1.82) is 0 Å². The molecule has 13 heavy (non-hydrogen) atoms. The first-order valence-electron chi connectivity index (χ1n) is 4.00. The van der Waals surface area contributed by atoms with E-state index in [1.165, 1.54) is 0 Å². The average Bonchev–Trinajstić information content (AvgIpc) is 2.57. The minimum atomic E-state index is 0.722. The SMILES string of the molecule is NCCCc1nn2cc(I)nc2s1. The van der Waals surface area contributed by atoms with Gasteiger partial charge in [0.25, 0.3) is 0 Å². The van der Waals surface area contributed by atoms with Crippen molar-refractivity contribution < 1.29 is 0 Å². The molecule has 0 spiro atoms. The van der Waals surface area contributed by atoms with E-state index in [0.717, 1.165) is 33.1 Å². The highest BCUT2D eigenvalue weighted by atomic mass is 127. The summed E-state index contributed by atoms with van der Waals surface area (Å²) in [6.45, 7) is 0.722. The van der Waals surface area contributed by atoms with E-state index in [4.69, 9.17) is 5.73 Å². The van der Waals surface area contributed by atoms with Gasteiger partial charge in [0.15, 0.2) is 0 Å². The fraction of sp³-hybridized carbons (Fsp3) is 0.429. The summed E-state index contributed by atoms with van der Waals surface area (Å²) in [4.78, 5) is 5.29. The quantitative estimate of drug-likeness (QED) is 0.869. The molecule has 0 atom stereocenters.